The third-order valence-electron chi connectivity index (χ3n) is 6.97. The summed E-state index contributed by atoms with van der Waals surface area (Å²) in [7, 11) is 3.11. The number of nitrogens with zero attached hydrogens (tertiary/aromatic N) is 4. The molecule has 0 radical (unpaired) electrons. The van der Waals surface area contributed by atoms with E-state index in [-0.39, 0.29) is 10.6 Å². The molecular formula is C26H29ClN6O8. The van der Waals surface area contributed by atoms with Gasteiger partial charge in [0, 0.05) is 17.2 Å². The zero-order valence-corrected chi connectivity index (χ0v) is 22.8. The van der Waals surface area contributed by atoms with E-state index >= 15 is 0 Å². The van der Waals surface area contributed by atoms with Crippen molar-refractivity contribution in [3.05, 3.63) is 59.2 Å². The van der Waals surface area contributed by atoms with E-state index in [1.807, 2.05) is 12.1 Å². The maximum absolute atomic E-state index is 13.1. The van der Waals surface area contributed by atoms with Gasteiger partial charge in [-0.1, -0.05) is 17.7 Å². The van der Waals surface area contributed by atoms with Gasteiger partial charge in [-0.2, -0.15) is 0 Å². The van der Waals surface area contributed by atoms with E-state index in [4.69, 9.17) is 25.8 Å². The van der Waals surface area contributed by atoms with Crippen LogP contribution in [0, 0.1) is 0 Å². The number of carbonyl (C=O) groups is 1. The topological polar surface area (TPSA) is 193 Å². The number of methoxy groups -OCH3 is 2. The Labute approximate surface area is 238 Å². The fourth-order valence-corrected chi connectivity index (χ4v) is 4.95. The Bertz CT molecular complexity index is 1500. The Morgan fingerprint density at radius 3 is 2.61 bits per heavy atom. The molecule has 1 amide bonds. The molecule has 0 spiro atoms. The number of aliphatic hydroxyl groups is 4. The minimum Gasteiger partial charge on any atom is -0.493 e. The highest BCUT2D eigenvalue weighted by molar-refractivity contribution is 6.30. The molecule has 3 heterocycles. The first-order valence-corrected chi connectivity index (χ1v) is 13.0. The number of imidazole rings is 1. The molecule has 2 aromatic heterocycles. The molecule has 0 saturated carbocycles. The molecule has 5 rings (SSSR count). The van der Waals surface area contributed by atoms with Crippen LogP contribution in [0.2, 0.25) is 0 Å². The van der Waals surface area contributed by atoms with Crippen LogP contribution in [0.25, 0.3) is 11.2 Å². The first-order valence-electron chi connectivity index (χ1n) is 12.6. The lowest BCUT2D eigenvalue weighted by atomic mass is 9.97. The first-order chi connectivity index (χ1) is 19.8. The van der Waals surface area contributed by atoms with Crippen LogP contribution < -0.4 is 20.1 Å². The molecular weight excluding hydrogens is 560 g/mol. The highest BCUT2D eigenvalue weighted by Gasteiger charge is 2.46. The van der Waals surface area contributed by atoms with Gasteiger partial charge in [0.05, 0.1) is 27.2 Å². The fraction of sp³-hybridized carbons (Fsp3) is 0.385. The number of ether oxygens (including phenoxy) is 3. The third-order valence-corrected chi connectivity index (χ3v) is 7.32. The van der Waals surface area contributed by atoms with Gasteiger partial charge < -0.3 is 45.3 Å². The molecule has 6 N–H and O–H groups in total. The number of amides is 1. The predicted molar refractivity (Wildman–Crippen MR) is 145 cm³/mol. The first kappa shape index (κ1) is 28.7. The lowest BCUT2D eigenvalue weighted by molar-refractivity contribution is -0.121. The third kappa shape index (κ3) is 5.45. The summed E-state index contributed by atoms with van der Waals surface area (Å²) in [4.78, 5) is 26.1. The molecule has 6 atom stereocenters. The number of rotatable bonds is 9. The van der Waals surface area contributed by atoms with Crippen LogP contribution in [0.15, 0.2) is 53.6 Å². The second kappa shape index (κ2) is 12.0. The Kier molecular flexibility index (Phi) is 8.40. The number of nitrogens with one attached hydrogen (secondary N) is 2. The maximum atomic E-state index is 13.1. The van der Waals surface area contributed by atoms with E-state index in [1.54, 1.807) is 20.3 Å². The van der Waals surface area contributed by atoms with E-state index in [9.17, 15) is 25.2 Å². The number of fused-ring (bicyclic) bond motifs is 1. The summed E-state index contributed by atoms with van der Waals surface area (Å²) in [5.74, 6) is 0.850. The van der Waals surface area contributed by atoms with Gasteiger partial charge in [0.2, 0.25) is 5.91 Å². The van der Waals surface area contributed by atoms with E-state index in [2.05, 4.69) is 25.6 Å². The molecule has 0 bridgehead atoms. The van der Waals surface area contributed by atoms with Crippen molar-refractivity contribution in [2.45, 2.75) is 43.2 Å². The number of carbonyl (C=O) groups excluding carboxylic acids is 1. The highest BCUT2D eigenvalue weighted by Crippen LogP contribution is 2.33. The van der Waals surface area contributed by atoms with Gasteiger partial charge in [-0.3, -0.25) is 9.36 Å². The van der Waals surface area contributed by atoms with Gasteiger partial charge in [0.15, 0.2) is 34.7 Å². The number of hydrogen-bond acceptors (Lipinski definition) is 12. The number of anilines is 1. The van der Waals surface area contributed by atoms with Gasteiger partial charge in [-0.15, -0.1) is 0 Å². The van der Waals surface area contributed by atoms with Crippen molar-refractivity contribution in [2.24, 2.45) is 0 Å². The SMILES string of the molecule is COc1ccc(CNc2ncnc3c2ncn3[C@@H]2O[C@H](CO)[C@@H](O)[C@H]2NC(=O)C2=CC=C(Cl)C(O)C2O)cc1OC. The van der Waals surface area contributed by atoms with E-state index in [1.165, 1.54) is 29.4 Å². The highest BCUT2D eigenvalue weighted by atomic mass is 35.5. The Balaban J connectivity index is 1.40. The van der Waals surface area contributed by atoms with Gasteiger partial charge in [-0.25, -0.2) is 15.0 Å². The molecule has 1 aliphatic carbocycles. The monoisotopic (exact) mass is 588 g/mol. The zero-order chi connectivity index (χ0) is 29.3. The average molecular weight is 589 g/mol. The van der Waals surface area contributed by atoms with Crippen LogP contribution in [0.4, 0.5) is 5.82 Å². The molecule has 1 aliphatic heterocycles. The van der Waals surface area contributed by atoms with Crippen LogP contribution >= 0.6 is 11.6 Å². The summed E-state index contributed by atoms with van der Waals surface area (Å²) in [5.41, 5.74) is 1.48. The second-order valence-electron chi connectivity index (χ2n) is 9.39. The van der Waals surface area contributed by atoms with E-state index in [0.29, 0.717) is 35.0 Å². The number of aromatic nitrogens is 4. The molecule has 1 saturated heterocycles. The van der Waals surface area contributed by atoms with Crippen LogP contribution in [-0.2, 0) is 16.1 Å². The minimum atomic E-state index is -1.57. The fourth-order valence-electron chi connectivity index (χ4n) is 4.77. The summed E-state index contributed by atoms with van der Waals surface area (Å²) in [6.45, 7) is -0.142. The summed E-state index contributed by atoms with van der Waals surface area (Å²) in [6, 6.07) is 4.42. The van der Waals surface area contributed by atoms with Gasteiger partial charge in [0.1, 0.15) is 36.8 Å². The largest absolute Gasteiger partial charge is 0.493 e. The number of halogens is 1. The summed E-state index contributed by atoms with van der Waals surface area (Å²) >= 11 is 5.85. The molecule has 15 heteroatoms. The Morgan fingerprint density at radius 2 is 1.88 bits per heavy atom. The van der Waals surface area contributed by atoms with Crippen molar-refractivity contribution in [1.29, 1.82) is 0 Å². The van der Waals surface area contributed by atoms with E-state index < -0.39 is 49.2 Å². The molecule has 2 aliphatic rings. The smallest absolute Gasteiger partial charge is 0.250 e. The van der Waals surface area contributed by atoms with Crippen LogP contribution in [0.3, 0.4) is 0 Å². The number of aliphatic hydroxyl groups excluding tert-OH is 4. The standard InChI is InChI=1S/C26H29ClN6O8/c1-39-15-6-3-12(7-16(15)40-2)8-28-23-19-24(30-10-29-23)33(11-31-19)26-18(22(37)17(9-34)41-26)32-25(38)13-4-5-14(27)21(36)20(13)35/h3-7,10-11,17-18,20-22,26,34-37H,8-9H2,1-2H3,(H,32,38)(H,28,29,30)/t17-,18-,20?,21?,22-,26-/m1/s1. The maximum Gasteiger partial charge on any atom is 0.250 e. The Morgan fingerprint density at radius 1 is 1.10 bits per heavy atom. The van der Waals surface area contributed by atoms with Gasteiger partial charge >= 0.3 is 0 Å². The normalized spacial score (nSPS) is 25.9. The van der Waals surface area contributed by atoms with Crippen LogP contribution in [-0.4, -0.2) is 97.1 Å². The number of benzene rings is 1. The van der Waals surface area contributed by atoms with Gasteiger partial charge in [-0.05, 0) is 29.8 Å². The molecule has 41 heavy (non-hydrogen) atoms. The average Bonchev–Trinajstić information content (AvgIpc) is 3.55. The molecule has 2 unspecified atom stereocenters. The van der Waals surface area contributed by atoms with Gasteiger partial charge in [0.25, 0.3) is 0 Å². The van der Waals surface area contributed by atoms with Crippen molar-refractivity contribution >= 4 is 34.5 Å². The van der Waals surface area contributed by atoms with Crippen molar-refractivity contribution < 1.29 is 39.4 Å². The molecule has 3 aromatic rings. The van der Waals surface area contributed by atoms with Crippen molar-refractivity contribution in [3.63, 3.8) is 0 Å². The molecule has 218 valence electrons. The van der Waals surface area contributed by atoms with Crippen molar-refractivity contribution in [2.75, 3.05) is 26.1 Å². The second-order valence-corrected chi connectivity index (χ2v) is 9.83. The zero-order valence-electron chi connectivity index (χ0n) is 22.0. The van der Waals surface area contributed by atoms with Crippen molar-refractivity contribution in [1.82, 2.24) is 24.8 Å². The lowest BCUT2D eigenvalue weighted by Gasteiger charge is -2.27. The predicted octanol–water partition coefficient (Wildman–Crippen LogP) is -0.0245. The molecule has 1 fully saturated rings. The Hall–Kier alpha value is -3.79. The molecule has 14 nitrogen and oxygen atoms in total. The lowest BCUT2D eigenvalue weighted by Crippen LogP contribution is -2.49. The number of hydrogen-bond donors (Lipinski definition) is 6. The van der Waals surface area contributed by atoms with Crippen LogP contribution in [0.1, 0.15) is 11.8 Å². The number of allylic oxidation sites excluding steroid dienone is 2. The summed E-state index contributed by atoms with van der Waals surface area (Å²) in [6.07, 6.45) is -1.06. The van der Waals surface area contributed by atoms with E-state index in [0.717, 1.165) is 5.56 Å². The summed E-state index contributed by atoms with van der Waals surface area (Å²) in [5, 5.41) is 46.9. The summed E-state index contributed by atoms with van der Waals surface area (Å²) < 4.78 is 18.1. The molecule has 1 aromatic carbocycles. The minimum absolute atomic E-state index is 0.0170. The quantitative estimate of drug-likeness (QED) is 0.196. The van der Waals surface area contributed by atoms with Crippen molar-refractivity contribution in [3.8, 4) is 11.5 Å². The van der Waals surface area contributed by atoms with Crippen LogP contribution in [0.5, 0.6) is 11.5 Å².